The highest BCUT2D eigenvalue weighted by Gasteiger charge is 2.14. The first-order chi connectivity index (χ1) is 8.77. The summed E-state index contributed by atoms with van der Waals surface area (Å²) in [6.07, 6.45) is 3.48. The van der Waals surface area contributed by atoms with Gasteiger partial charge in [0.15, 0.2) is 5.65 Å². The van der Waals surface area contributed by atoms with Crippen LogP contribution in [0.5, 0.6) is 0 Å². The lowest BCUT2D eigenvalue weighted by atomic mass is 10.1. The van der Waals surface area contributed by atoms with Crippen molar-refractivity contribution in [3.63, 3.8) is 0 Å². The van der Waals surface area contributed by atoms with E-state index in [1.54, 1.807) is 12.4 Å². The molecule has 0 saturated carbocycles. The molecule has 0 bridgehead atoms. The Balaban J connectivity index is 2.32. The third-order valence-corrected chi connectivity index (χ3v) is 3.05. The van der Waals surface area contributed by atoms with Gasteiger partial charge in [-0.1, -0.05) is 30.3 Å². The topological polar surface area (TPSA) is 30.7 Å². The first kappa shape index (κ1) is 11.0. The van der Waals surface area contributed by atoms with Crippen LogP contribution in [-0.2, 0) is 0 Å². The molecule has 3 heteroatoms. The number of hydrogen-bond donors (Lipinski definition) is 0. The monoisotopic (exact) mass is 237 g/mol. The minimum Gasteiger partial charge on any atom is -0.321 e. The van der Waals surface area contributed by atoms with Gasteiger partial charge in [0.05, 0.1) is 5.69 Å². The van der Waals surface area contributed by atoms with E-state index in [4.69, 9.17) is 0 Å². The number of hydrogen-bond acceptors (Lipinski definition) is 2. The van der Waals surface area contributed by atoms with Crippen molar-refractivity contribution in [3.05, 3.63) is 48.8 Å². The van der Waals surface area contributed by atoms with Crippen molar-refractivity contribution in [3.8, 4) is 11.3 Å². The second kappa shape index (κ2) is 4.26. The largest absolute Gasteiger partial charge is 0.321 e. The Labute approximate surface area is 106 Å². The van der Waals surface area contributed by atoms with Gasteiger partial charge in [-0.15, -0.1) is 0 Å². The predicted molar refractivity (Wildman–Crippen MR) is 73.3 cm³/mol. The zero-order valence-electron chi connectivity index (χ0n) is 10.5. The number of nitrogens with zero attached hydrogens (tertiary/aromatic N) is 3. The van der Waals surface area contributed by atoms with Crippen LogP contribution in [0.2, 0.25) is 0 Å². The van der Waals surface area contributed by atoms with E-state index in [0.717, 1.165) is 11.2 Å². The molecule has 0 atom stereocenters. The summed E-state index contributed by atoms with van der Waals surface area (Å²) in [6, 6.07) is 12.8. The van der Waals surface area contributed by atoms with Crippen molar-refractivity contribution >= 4 is 11.2 Å². The summed E-state index contributed by atoms with van der Waals surface area (Å²) >= 11 is 0. The van der Waals surface area contributed by atoms with Crippen LogP contribution in [-0.4, -0.2) is 14.5 Å². The molecule has 1 aromatic carbocycles. The van der Waals surface area contributed by atoms with Crippen LogP contribution in [0.25, 0.3) is 22.4 Å². The third-order valence-electron chi connectivity index (χ3n) is 3.05. The second-order valence-electron chi connectivity index (χ2n) is 4.62. The van der Waals surface area contributed by atoms with Crippen LogP contribution >= 0.6 is 0 Å². The average molecular weight is 237 g/mol. The van der Waals surface area contributed by atoms with Crippen molar-refractivity contribution in [1.82, 2.24) is 14.5 Å². The van der Waals surface area contributed by atoms with E-state index in [0.29, 0.717) is 6.04 Å². The van der Waals surface area contributed by atoms with Crippen LogP contribution in [0.1, 0.15) is 19.9 Å². The molecule has 0 fully saturated rings. The van der Waals surface area contributed by atoms with Gasteiger partial charge >= 0.3 is 0 Å². The molecule has 0 aliphatic heterocycles. The highest BCUT2D eigenvalue weighted by Crippen LogP contribution is 2.28. The molecule has 3 nitrogen and oxygen atoms in total. The Bertz CT molecular complexity index is 669. The maximum atomic E-state index is 4.45. The fraction of sp³-hybridized carbons (Fsp3) is 0.200. The summed E-state index contributed by atoms with van der Waals surface area (Å²) in [7, 11) is 0. The predicted octanol–water partition coefficient (Wildman–Crippen LogP) is 3.68. The van der Waals surface area contributed by atoms with Gasteiger partial charge in [-0.05, 0) is 25.5 Å². The smallest absolute Gasteiger partial charge is 0.159 e. The first-order valence-corrected chi connectivity index (χ1v) is 6.15. The van der Waals surface area contributed by atoms with Gasteiger partial charge in [-0.2, -0.15) is 0 Å². The summed E-state index contributed by atoms with van der Waals surface area (Å²) in [6.45, 7) is 4.33. The molecule has 0 N–H and O–H groups in total. The summed E-state index contributed by atoms with van der Waals surface area (Å²) in [5.74, 6) is 0. The number of rotatable bonds is 2. The number of benzene rings is 1. The van der Waals surface area contributed by atoms with Gasteiger partial charge in [0, 0.05) is 18.4 Å². The lowest BCUT2D eigenvalue weighted by molar-refractivity contribution is 0.623. The SMILES string of the molecule is CC(C)n1c(-c2ccccc2)cc2nccnc21. The van der Waals surface area contributed by atoms with E-state index < -0.39 is 0 Å². The molecule has 2 aromatic heterocycles. The van der Waals surface area contributed by atoms with E-state index in [2.05, 4.69) is 58.7 Å². The van der Waals surface area contributed by atoms with E-state index in [1.807, 2.05) is 6.07 Å². The minimum absolute atomic E-state index is 0.356. The van der Waals surface area contributed by atoms with Gasteiger partial charge in [-0.25, -0.2) is 4.98 Å². The summed E-state index contributed by atoms with van der Waals surface area (Å²) in [5, 5.41) is 0. The van der Waals surface area contributed by atoms with Crippen molar-refractivity contribution < 1.29 is 0 Å². The molecule has 0 spiro atoms. The van der Waals surface area contributed by atoms with Crippen molar-refractivity contribution in [1.29, 1.82) is 0 Å². The second-order valence-corrected chi connectivity index (χ2v) is 4.62. The Morgan fingerprint density at radius 3 is 2.44 bits per heavy atom. The lowest BCUT2D eigenvalue weighted by Gasteiger charge is -2.13. The van der Waals surface area contributed by atoms with E-state index in [1.165, 1.54) is 11.3 Å². The van der Waals surface area contributed by atoms with Gasteiger partial charge in [0.1, 0.15) is 5.52 Å². The summed E-state index contributed by atoms with van der Waals surface area (Å²) in [5.41, 5.74) is 4.27. The summed E-state index contributed by atoms with van der Waals surface area (Å²) < 4.78 is 2.23. The quantitative estimate of drug-likeness (QED) is 0.680. The fourth-order valence-corrected chi connectivity index (χ4v) is 2.30. The molecular formula is C15H15N3. The van der Waals surface area contributed by atoms with E-state index in [9.17, 15) is 0 Å². The summed E-state index contributed by atoms with van der Waals surface area (Å²) in [4.78, 5) is 8.84. The third kappa shape index (κ3) is 1.68. The molecule has 0 radical (unpaired) electrons. The Kier molecular flexibility index (Phi) is 2.59. The maximum absolute atomic E-state index is 4.45. The van der Waals surface area contributed by atoms with Gasteiger partial charge in [-0.3, -0.25) is 4.98 Å². The highest BCUT2D eigenvalue weighted by atomic mass is 15.1. The lowest BCUT2D eigenvalue weighted by Crippen LogP contribution is -2.03. The van der Waals surface area contributed by atoms with Crippen LogP contribution in [0.4, 0.5) is 0 Å². The van der Waals surface area contributed by atoms with E-state index in [-0.39, 0.29) is 0 Å². The highest BCUT2D eigenvalue weighted by molar-refractivity contribution is 5.81. The molecule has 3 rings (SSSR count). The standard InChI is InChI=1S/C15H15N3/c1-11(2)18-14(12-6-4-3-5-7-12)10-13-15(18)17-9-8-16-13/h3-11H,1-2H3. The van der Waals surface area contributed by atoms with Crippen molar-refractivity contribution in [2.24, 2.45) is 0 Å². The van der Waals surface area contributed by atoms with Crippen molar-refractivity contribution in [2.75, 3.05) is 0 Å². The van der Waals surface area contributed by atoms with Gasteiger partial charge in [0.25, 0.3) is 0 Å². The fourth-order valence-electron chi connectivity index (χ4n) is 2.30. The molecule has 0 amide bonds. The molecule has 0 saturated heterocycles. The zero-order valence-corrected chi connectivity index (χ0v) is 10.5. The van der Waals surface area contributed by atoms with Crippen LogP contribution in [0.15, 0.2) is 48.8 Å². The molecule has 0 aliphatic carbocycles. The Morgan fingerprint density at radius 1 is 1.00 bits per heavy atom. The molecular weight excluding hydrogens is 222 g/mol. The molecule has 90 valence electrons. The van der Waals surface area contributed by atoms with Gasteiger partial charge < -0.3 is 4.57 Å². The molecule has 0 unspecified atom stereocenters. The zero-order chi connectivity index (χ0) is 12.5. The molecule has 3 aromatic rings. The van der Waals surface area contributed by atoms with E-state index >= 15 is 0 Å². The molecule has 18 heavy (non-hydrogen) atoms. The number of fused-ring (bicyclic) bond motifs is 1. The maximum Gasteiger partial charge on any atom is 0.159 e. The van der Waals surface area contributed by atoms with Crippen LogP contribution in [0.3, 0.4) is 0 Å². The average Bonchev–Trinajstić information content (AvgIpc) is 2.79. The van der Waals surface area contributed by atoms with Crippen LogP contribution in [0, 0.1) is 0 Å². The first-order valence-electron chi connectivity index (χ1n) is 6.15. The minimum atomic E-state index is 0.356. The molecule has 2 heterocycles. The normalized spacial score (nSPS) is 11.3. The number of aromatic nitrogens is 3. The molecule has 0 aliphatic rings. The van der Waals surface area contributed by atoms with Gasteiger partial charge in [0.2, 0.25) is 0 Å². The Morgan fingerprint density at radius 2 is 1.72 bits per heavy atom. The van der Waals surface area contributed by atoms with Crippen molar-refractivity contribution in [2.45, 2.75) is 19.9 Å². The Hall–Kier alpha value is -2.16. The van der Waals surface area contributed by atoms with Crippen LogP contribution < -0.4 is 0 Å².